The van der Waals surface area contributed by atoms with Crippen LogP contribution in [0.5, 0.6) is 0 Å². The van der Waals surface area contributed by atoms with Crippen molar-refractivity contribution in [3.05, 3.63) is 29.8 Å². The smallest absolute Gasteiger partial charge is 0.191 e. The number of anilines is 1. The fraction of sp³-hybridized carbons (Fsp3) is 0.632. The number of nitrogens with one attached hydrogen (secondary N) is 2. The summed E-state index contributed by atoms with van der Waals surface area (Å²) in [5.74, 6) is 1.58. The number of halogens is 1. The van der Waals surface area contributed by atoms with Crippen molar-refractivity contribution < 1.29 is 4.21 Å². The van der Waals surface area contributed by atoms with E-state index in [-0.39, 0.29) is 24.0 Å². The number of hydrogen-bond donors (Lipinski definition) is 2. The van der Waals surface area contributed by atoms with Crippen LogP contribution in [-0.4, -0.2) is 48.4 Å². The van der Waals surface area contributed by atoms with Crippen molar-refractivity contribution in [1.29, 1.82) is 0 Å². The zero-order valence-corrected chi connectivity index (χ0v) is 19.5. The van der Waals surface area contributed by atoms with Crippen LogP contribution < -0.4 is 15.5 Å². The minimum atomic E-state index is -0.696. The second kappa shape index (κ2) is 11.8. The lowest BCUT2D eigenvalue weighted by Gasteiger charge is -2.30. The molecule has 0 aliphatic heterocycles. The Morgan fingerprint density at radius 3 is 2.77 bits per heavy atom. The van der Waals surface area contributed by atoms with Gasteiger partial charge in [0.05, 0.1) is 0 Å². The fourth-order valence-electron chi connectivity index (χ4n) is 3.27. The third kappa shape index (κ3) is 7.06. The molecule has 1 aromatic rings. The Hall–Kier alpha value is -0.830. The average Bonchev–Trinajstić information content (AvgIpc) is 2.64. The molecule has 0 amide bonds. The predicted octanol–water partition coefficient (Wildman–Crippen LogP) is 3.12. The van der Waals surface area contributed by atoms with Gasteiger partial charge in [0.25, 0.3) is 0 Å². The monoisotopic (exact) mass is 492 g/mol. The van der Waals surface area contributed by atoms with E-state index in [4.69, 9.17) is 0 Å². The molecule has 1 fully saturated rings. The lowest BCUT2D eigenvalue weighted by molar-refractivity contribution is 0.413. The number of benzene rings is 1. The maximum absolute atomic E-state index is 12.1. The molecule has 0 aromatic heterocycles. The van der Waals surface area contributed by atoms with Gasteiger partial charge in [-0.2, -0.15) is 0 Å². The first kappa shape index (κ1) is 23.2. The van der Waals surface area contributed by atoms with Crippen LogP contribution in [0.25, 0.3) is 0 Å². The first-order valence-electron chi connectivity index (χ1n) is 9.14. The number of guanidine groups is 1. The van der Waals surface area contributed by atoms with Gasteiger partial charge >= 0.3 is 0 Å². The Balaban J connectivity index is 0.00000338. The molecule has 2 N–H and O–H groups in total. The molecule has 3 unspecified atom stereocenters. The molecule has 1 aliphatic rings. The highest BCUT2D eigenvalue weighted by atomic mass is 127. The largest absolute Gasteiger partial charge is 0.378 e. The third-order valence-corrected chi connectivity index (χ3v) is 6.47. The molecule has 2 rings (SSSR count). The van der Waals surface area contributed by atoms with Crippen molar-refractivity contribution in [2.75, 3.05) is 31.8 Å². The molecule has 3 atom stereocenters. The molecule has 7 heteroatoms. The van der Waals surface area contributed by atoms with Crippen LogP contribution in [0.15, 0.2) is 29.3 Å². The van der Waals surface area contributed by atoms with Gasteiger partial charge < -0.3 is 15.5 Å². The molecule has 26 heavy (non-hydrogen) atoms. The molecule has 0 spiro atoms. The van der Waals surface area contributed by atoms with E-state index >= 15 is 0 Å². The minimum absolute atomic E-state index is 0. The summed E-state index contributed by atoms with van der Waals surface area (Å²) in [5.41, 5.74) is 2.42. The molecule has 0 radical (unpaired) electrons. The van der Waals surface area contributed by atoms with Gasteiger partial charge in [0.2, 0.25) is 0 Å². The summed E-state index contributed by atoms with van der Waals surface area (Å²) in [4.78, 5) is 6.46. The van der Waals surface area contributed by atoms with Crippen LogP contribution >= 0.6 is 24.0 Å². The van der Waals surface area contributed by atoms with E-state index in [0.29, 0.717) is 11.3 Å². The molecular formula is C19H33IN4OS. The molecule has 1 aliphatic carbocycles. The van der Waals surface area contributed by atoms with Gasteiger partial charge in [-0.3, -0.25) is 9.20 Å². The zero-order chi connectivity index (χ0) is 18.2. The number of hydrogen-bond acceptors (Lipinski definition) is 3. The number of aliphatic imine (C=N–C) groups is 1. The van der Waals surface area contributed by atoms with E-state index in [1.54, 1.807) is 7.05 Å². The van der Waals surface area contributed by atoms with Crippen LogP contribution in [-0.2, 0) is 17.3 Å². The third-order valence-electron chi connectivity index (χ3n) is 4.73. The molecule has 148 valence electrons. The van der Waals surface area contributed by atoms with Crippen LogP contribution in [0.1, 0.15) is 38.2 Å². The van der Waals surface area contributed by atoms with Gasteiger partial charge in [0.15, 0.2) is 5.96 Å². The number of nitrogens with zero attached hydrogens (tertiary/aromatic N) is 2. The Labute approximate surface area is 177 Å². The van der Waals surface area contributed by atoms with Crippen molar-refractivity contribution in [3.63, 3.8) is 0 Å². The summed E-state index contributed by atoms with van der Waals surface area (Å²) in [5, 5.41) is 7.24. The van der Waals surface area contributed by atoms with E-state index in [1.807, 2.05) is 21.0 Å². The lowest BCUT2D eigenvalue weighted by Crippen LogP contribution is -2.46. The molecule has 5 nitrogen and oxygen atoms in total. The van der Waals surface area contributed by atoms with E-state index in [9.17, 15) is 4.21 Å². The van der Waals surface area contributed by atoms with E-state index in [2.05, 4.69) is 44.8 Å². The van der Waals surface area contributed by atoms with Crippen molar-refractivity contribution in [2.45, 2.75) is 50.4 Å². The van der Waals surface area contributed by atoms with Crippen molar-refractivity contribution >= 4 is 46.4 Å². The summed E-state index contributed by atoms with van der Waals surface area (Å²) in [7, 11) is 5.20. The molecule has 0 bridgehead atoms. The van der Waals surface area contributed by atoms with Crippen LogP contribution in [0.3, 0.4) is 0 Å². The molecule has 1 aromatic carbocycles. The fourth-order valence-corrected chi connectivity index (χ4v) is 4.62. The number of rotatable bonds is 6. The summed E-state index contributed by atoms with van der Waals surface area (Å²) >= 11 is 0. The zero-order valence-electron chi connectivity index (χ0n) is 16.3. The lowest BCUT2D eigenvalue weighted by atomic mass is 9.95. The standard InChI is InChI=1S/C19H32N4OS.HI/c1-5-25(24)18-11-7-9-16(13-18)22-19(20-2)21-14-15-8-6-10-17(12-15)23(3)4;/h6,8,10,12,16,18H,5,7,9,11,13-14H2,1-4H3,(H2,20,21,22);1H. The Bertz CT molecular complexity index is 609. The molecule has 1 saturated carbocycles. The minimum Gasteiger partial charge on any atom is -0.378 e. The Morgan fingerprint density at radius 1 is 1.35 bits per heavy atom. The summed E-state index contributed by atoms with van der Waals surface area (Å²) in [6.07, 6.45) is 4.31. The summed E-state index contributed by atoms with van der Waals surface area (Å²) < 4.78 is 12.1. The highest BCUT2D eigenvalue weighted by molar-refractivity contribution is 14.0. The van der Waals surface area contributed by atoms with Crippen LogP contribution in [0.4, 0.5) is 5.69 Å². The van der Waals surface area contributed by atoms with Crippen LogP contribution in [0.2, 0.25) is 0 Å². The maximum atomic E-state index is 12.1. The van der Waals surface area contributed by atoms with Crippen molar-refractivity contribution in [2.24, 2.45) is 4.99 Å². The predicted molar refractivity (Wildman–Crippen MR) is 124 cm³/mol. The first-order chi connectivity index (χ1) is 12.0. The summed E-state index contributed by atoms with van der Waals surface area (Å²) in [6.45, 7) is 2.74. The van der Waals surface area contributed by atoms with E-state index in [0.717, 1.165) is 43.9 Å². The SMILES string of the molecule is CCS(=O)C1CCCC(NC(=NC)NCc2cccc(N(C)C)c2)C1.I. The summed E-state index contributed by atoms with van der Waals surface area (Å²) in [6, 6.07) is 8.84. The van der Waals surface area contributed by atoms with E-state index in [1.165, 1.54) is 11.3 Å². The van der Waals surface area contributed by atoms with Gasteiger partial charge in [-0.15, -0.1) is 24.0 Å². The van der Waals surface area contributed by atoms with Gasteiger partial charge in [0, 0.05) is 61.2 Å². The Kier molecular flexibility index (Phi) is 10.5. The van der Waals surface area contributed by atoms with Gasteiger partial charge in [-0.1, -0.05) is 25.5 Å². The Morgan fingerprint density at radius 2 is 2.12 bits per heavy atom. The highest BCUT2D eigenvalue weighted by Gasteiger charge is 2.25. The molecular weight excluding hydrogens is 459 g/mol. The molecule has 0 saturated heterocycles. The maximum Gasteiger partial charge on any atom is 0.191 e. The topological polar surface area (TPSA) is 56.7 Å². The quantitative estimate of drug-likeness (QED) is 0.364. The van der Waals surface area contributed by atoms with Gasteiger partial charge in [-0.25, -0.2) is 0 Å². The normalized spacial score (nSPS) is 21.5. The van der Waals surface area contributed by atoms with Gasteiger partial charge in [-0.05, 0) is 37.0 Å². The van der Waals surface area contributed by atoms with E-state index < -0.39 is 10.8 Å². The molecule has 0 heterocycles. The second-order valence-electron chi connectivity index (χ2n) is 6.79. The van der Waals surface area contributed by atoms with Crippen LogP contribution in [0, 0.1) is 0 Å². The average molecular weight is 492 g/mol. The second-order valence-corrected chi connectivity index (χ2v) is 8.79. The van der Waals surface area contributed by atoms with Crippen molar-refractivity contribution in [1.82, 2.24) is 10.6 Å². The highest BCUT2D eigenvalue weighted by Crippen LogP contribution is 2.23. The van der Waals surface area contributed by atoms with Crippen molar-refractivity contribution in [3.8, 4) is 0 Å². The van der Waals surface area contributed by atoms with Gasteiger partial charge in [0.1, 0.15) is 0 Å². The first-order valence-corrected chi connectivity index (χ1v) is 10.5.